The van der Waals surface area contributed by atoms with Crippen LogP contribution in [0.5, 0.6) is 0 Å². The first-order valence-corrected chi connectivity index (χ1v) is 13.4. The first kappa shape index (κ1) is 26.2. The molecule has 26 heavy (non-hydrogen) atoms. The van der Waals surface area contributed by atoms with E-state index in [1.807, 2.05) is 0 Å². The van der Waals surface area contributed by atoms with E-state index < -0.39 is 0 Å². The second-order valence-corrected chi connectivity index (χ2v) is 9.35. The molecule has 0 saturated heterocycles. The van der Waals surface area contributed by atoms with Gasteiger partial charge >= 0.3 is 0 Å². The van der Waals surface area contributed by atoms with Gasteiger partial charge in [0.25, 0.3) is 0 Å². The van der Waals surface area contributed by atoms with Gasteiger partial charge in [-0.15, -0.1) is 0 Å². The summed E-state index contributed by atoms with van der Waals surface area (Å²) >= 11 is 0. The molecule has 0 aliphatic rings. The Labute approximate surface area is 169 Å². The summed E-state index contributed by atoms with van der Waals surface area (Å²) < 4.78 is 5.55. The van der Waals surface area contributed by atoms with Crippen molar-refractivity contribution in [2.24, 2.45) is 0 Å². The molecule has 0 atom stereocenters. The van der Waals surface area contributed by atoms with Crippen molar-refractivity contribution in [3.05, 3.63) is 0 Å². The third-order valence-electron chi connectivity index (χ3n) is 5.35. The van der Waals surface area contributed by atoms with Crippen LogP contribution in [0, 0.1) is 0 Å². The van der Waals surface area contributed by atoms with Gasteiger partial charge in [0.05, 0.1) is 0 Å². The molecule has 0 fully saturated rings. The molecule has 0 aromatic heterocycles. The molecule has 156 valence electrons. The highest BCUT2D eigenvalue weighted by Crippen LogP contribution is 2.14. The largest absolute Gasteiger partial charge is 0.417 e. The molecule has 0 N–H and O–H groups in total. The highest BCUT2D eigenvalue weighted by atomic mass is 28.2. The minimum Gasteiger partial charge on any atom is -0.417 e. The van der Waals surface area contributed by atoms with Crippen LogP contribution >= 0.6 is 0 Å². The summed E-state index contributed by atoms with van der Waals surface area (Å²) in [5.74, 6) is 0. The molecule has 0 aromatic rings. The number of rotatable bonds is 23. The van der Waals surface area contributed by atoms with Crippen molar-refractivity contribution in [2.45, 2.75) is 148 Å². The van der Waals surface area contributed by atoms with Crippen LogP contribution in [-0.4, -0.2) is 16.4 Å². The van der Waals surface area contributed by atoms with Crippen molar-refractivity contribution in [1.82, 2.24) is 0 Å². The topological polar surface area (TPSA) is 9.23 Å². The molecule has 2 heteroatoms. The van der Waals surface area contributed by atoms with Crippen molar-refractivity contribution in [1.29, 1.82) is 0 Å². The SMILES string of the molecule is CCCCCCCCCCCCCCCCCCCCCCO[Si]CC. The van der Waals surface area contributed by atoms with Crippen LogP contribution in [0.15, 0.2) is 0 Å². The van der Waals surface area contributed by atoms with Gasteiger partial charge in [-0.05, 0) is 12.5 Å². The summed E-state index contributed by atoms with van der Waals surface area (Å²) in [6.07, 6.45) is 29.0. The molecule has 0 heterocycles. The quantitative estimate of drug-likeness (QED) is 0.127. The lowest BCUT2D eigenvalue weighted by Gasteiger charge is -2.04. The van der Waals surface area contributed by atoms with E-state index in [2.05, 4.69) is 13.8 Å². The second kappa shape index (κ2) is 25.2. The molecule has 0 aliphatic heterocycles. The standard InChI is InChI=1S/C24H50OSi/c1-3-5-6-7-8-9-10-11-12-13-14-15-16-17-18-19-20-21-22-23-24-25-26-4-2/h3-24H2,1-2H3. The average Bonchev–Trinajstić information content (AvgIpc) is 2.66. The Kier molecular flexibility index (Phi) is 25.3. The fourth-order valence-corrected chi connectivity index (χ4v) is 4.10. The summed E-state index contributed by atoms with van der Waals surface area (Å²) in [5, 5.41) is 0. The Morgan fingerprint density at radius 1 is 0.423 bits per heavy atom. The van der Waals surface area contributed by atoms with E-state index in [9.17, 15) is 0 Å². The predicted octanol–water partition coefficient (Wildman–Crippen LogP) is 8.88. The zero-order valence-electron chi connectivity index (χ0n) is 18.5. The van der Waals surface area contributed by atoms with Crippen molar-refractivity contribution in [2.75, 3.05) is 6.61 Å². The zero-order chi connectivity index (χ0) is 19.0. The van der Waals surface area contributed by atoms with E-state index in [1.165, 1.54) is 134 Å². The first-order chi connectivity index (χ1) is 12.9. The normalized spacial score (nSPS) is 11.3. The average molecular weight is 383 g/mol. The maximum absolute atomic E-state index is 5.55. The highest BCUT2D eigenvalue weighted by Gasteiger charge is 1.95. The monoisotopic (exact) mass is 382 g/mol. The smallest absolute Gasteiger partial charge is 0.229 e. The van der Waals surface area contributed by atoms with Gasteiger partial charge < -0.3 is 4.43 Å². The van der Waals surface area contributed by atoms with Gasteiger partial charge in [-0.1, -0.05) is 136 Å². The van der Waals surface area contributed by atoms with Crippen molar-refractivity contribution >= 4 is 9.76 Å². The van der Waals surface area contributed by atoms with Gasteiger partial charge in [-0.3, -0.25) is 0 Å². The molecule has 0 rings (SSSR count). The Morgan fingerprint density at radius 3 is 1.04 bits per heavy atom. The van der Waals surface area contributed by atoms with Gasteiger partial charge in [0, 0.05) is 6.61 Å². The third kappa shape index (κ3) is 24.2. The lowest BCUT2D eigenvalue weighted by Crippen LogP contribution is -1.98. The highest BCUT2D eigenvalue weighted by molar-refractivity contribution is 6.26. The minimum absolute atomic E-state index is 0.725. The Morgan fingerprint density at radius 2 is 0.731 bits per heavy atom. The summed E-state index contributed by atoms with van der Waals surface area (Å²) in [6, 6.07) is 1.18. The maximum atomic E-state index is 5.55. The molecule has 0 bridgehead atoms. The van der Waals surface area contributed by atoms with Crippen molar-refractivity contribution in [3.63, 3.8) is 0 Å². The minimum atomic E-state index is 0.725. The van der Waals surface area contributed by atoms with Crippen LogP contribution in [0.25, 0.3) is 0 Å². The Hall–Kier alpha value is 0.177. The van der Waals surface area contributed by atoms with Crippen LogP contribution in [0.2, 0.25) is 6.04 Å². The van der Waals surface area contributed by atoms with Gasteiger partial charge in [0.1, 0.15) is 0 Å². The summed E-state index contributed by atoms with van der Waals surface area (Å²) in [7, 11) is 0.725. The third-order valence-corrected chi connectivity index (χ3v) is 6.04. The predicted molar refractivity (Wildman–Crippen MR) is 120 cm³/mol. The van der Waals surface area contributed by atoms with Crippen molar-refractivity contribution in [3.8, 4) is 0 Å². The fourth-order valence-electron chi connectivity index (χ4n) is 3.60. The number of unbranched alkanes of at least 4 members (excludes halogenated alkanes) is 19. The molecule has 1 nitrogen and oxygen atoms in total. The summed E-state index contributed by atoms with van der Waals surface area (Å²) in [4.78, 5) is 0. The maximum Gasteiger partial charge on any atom is 0.229 e. The molecule has 0 unspecified atom stereocenters. The Balaban J connectivity index is 2.95. The zero-order valence-corrected chi connectivity index (χ0v) is 19.5. The van der Waals surface area contributed by atoms with Crippen LogP contribution in [0.4, 0.5) is 0 Å². The van der Waals surface area contributed by atoms with Gasteiger partial charge in [-0.25, -0.2) is 0 Å². The second-order valence-electron chi connectivity index (χ2n) is 8.06. The molecular weight excluding hydrogens is 332 g/mol. The van der Waals surface area contributed by atoms with Crippen LogP contribution in [0.1, 0.15) is 142 Å². The Bertz CT molecular complexity index is 208. The van der Waals surface area contributed by atoms with E-state index in [0.717, 1.165) is 16.4 Å². The van der Waals surface area contributed by atoms with Crippen LogP contribution in [0.3, 0.4) is 0 Å². The van der Waals surface area contributed by atoms with Crippen LogP contribution in [-0.2, 0) is 4.43 Å². The molecular formula is C24H50OSi. The van der Waals surface area contributed by atoms with Gasteiger partial charge in [-0.2, -0.15) is 0 Å². The molecule has 0 saturated carbocycles. The number of hydrogen-bond acceptors (Lipinski definition) is 1. The fraction of sp³-hybridized carbons (Fsp3) is 1.00. The van der Waals surface area contributed by atoms with Gasteiger partial charge in [0.2, 0.25) is 9.76 Å². The molecule has 0 aromatic carbocycles. The van der Waals surface area contributed by atoms with E-state index in [0.29, 0.717) is 0 Å². The molecule has 0 spiro atoms. The molecule has 0 aliphatic carbocycles. The summed E-state index contributed by atoms with van der Waals surface area (Å²) in [6.45, 7) is 5.48. The van der Waals surface area contributed by atoms with E-state index in [-0.39, 0.29) is 0 Å². The van der Waals surface area contributed by atoms with E-state index in [4.69, 9.17) is 4.43 Å². The molecule has 2 radical (unpaired) electrons. The van der Waals surface area contributed by atoms with Gasteiger partial charge in [0.15, 0.2) is 0 Å². The van der Waals surface area contributed by atoms with E-state index in [1.54, 1.807) is 0 Å². The van der Waals surface area contributed by atoms with E-state index >= 15 is 0 Å². The first-order valence-electron chi connectivity index (χ1n) is 12.3. The number of hydrogen-bond donors (Lipinski definition) is 0. The summed E-state index contributed by atoms with van der Waals surface area (Å²) in [5.41, 5.74) is 0. The molecule has 0 amide bonds. The van der Waals surface area contributed by atoms with Crippen LogP contribution < -0.4 is 0 Å². The lowest BCUT2D eigenvalue weighted by molar-refractivity contribution is 0.320. The van der Waals surface area contributed by atoms with Crippen molar-refractivity contribution < 1.29 is 4.43 Å². The lowest BCUT2D eigenvalue weighted by atomic mass is 10.0.